The standard InChI is InChI=1S/C14H23ClN2/c1-4-11(3)10-17(5-2)14-8-6-7-13(15)12(14)9-16/h6-8,11H,4-5,9-10,16H2,1-3H3. The molecule has 1 aromatic rings. The molecule has 0 fully saturated rings. The highest BCUT2D eigenvalue weighted by molar-refractivity contribution is 6.31. The van der Waals surface area contributed by atoms with Crippen LogP contribution in [0.2, 0.25) is 5.02 Å². The Hall–Kier alpha value is -0.730. The number of hydrogen-bond acceptors (Lipinski definition) is 2. The third-order valence-electron chi connectivity index (χ3n) is 3.25. The summed E-state index contributed by atoms with van der Waals surface area (Å²) < 4.78 is 0. The fourth-order valence-electron chi connectivity index (χ4n) is 1.95. The van der Waals surface area contributed by atoms with Crippen LogP contribution < -0.4 is 10.6 Å². The number of halogens is 1. The Bertz CT molecular complexity index is 352. The smallest absolute Gasteiger partial charge is 0.0471 e. The lowest BCUT2D eigenvalue weighted by Gasteiger charge is -2.28. The Balaban J connectivity index is 2.98. The van der Waals surface area contributed by atoms with Crippen molar-refractivity contribution in [2.75, 3.05) is 18.0 Å². The predicted molar refractivity (Wildman–Crippen MR) is 76.7 cm³/mol. The van der Waals surface area contributed by atoms with Crippen LogP contribution in [0.5, 0.6) is 0 Å². The zero-order valence-corrected chi connectivity index (χ0v) is 11.8. The van der Waals surface area contributed by atoms with Crippen LogP contribution in [-0.2, 0) is 6.54 Å². The van der Waals surface area contributed by atoms with E-state index in [2.05, 4.69) is 31.7 Å². The summed E-state index contributed by atoms with van der Waals surface area (Å²) in [5, 5.41) is 0.771. The molecule has 1 unspecified atom stereocenters. The SMILES string of the molecule is CCC(C)CN(CC)c1cccc(Cl)c1CN. The molecular weight excluding hydrogens is 232 g/mol. The third kappa shape index (κ3) is 3.62. The van der Waals surface area contributed by atoms with Gasteiger partial charge in [0, 0.05) is 35.9 Å². The van der Waals surface area contributed by atoms with Crippen LogP contribution in [0.15, 0.2) is 18.2 Å². The molecule has 0 aliphatic carbocycles. The number of nitrogens with zero attached hydrogens (tertiary/aromatic N) is 1. The molecule has 0 radical (unpaired) electrons. The number of anilines is 1. The second-order valence-corrected chi connectivity index (χ2v) is 4.90. The van der Waals surface area contributed by atoms with Crippen molar-refractivity contribution in [3.05, 3.63) is 28.8 Å². The van der Waals surface area contributed by atoms with Crippen molar-refractivity contribution in [1.82, 2.24) is 0 Å². The fraction of sp³-hybridized carbons (Fsp3) is 0.571. The van der Waals surface area contributed by atoms with E-state index in [4.69, 9.17) is 17.3 Å². The van der Waals surface area contributed by atoms with Crippen molar-refractivity contribution in [2.45, 2.75) is 33.7 Å². The summed E-state index contributed by atoms with van der Waals surface area (Å²) in [6.45, 7) is 9.20. The highest BCUT2D eigenvalue weighted by Gasteiger charge is 2.13. The maximum absolute atomic E-state index is 6.19. The van der Waals surface area contributed by atoms with Crippen LogP contribution in [0.4, 0.5) is 5.69 Å². The van der Waals surface area contributed by atoms with E-state index in [9.17, 15) is 0 Å². The zero-order chi connectivity index (χ0) is 12.8. The molecule has 0 aromatic heterocycles. The first-order valence-corrected chi connectivity index (χ1v) is 6.74. The Morgan fingerprint density at radius 3 is 2.59 bits per heavy atom. The van der Waals surface area contributed by atoms with Gasteiger partial charge >= 0.3 is 0 Å². The van der Waals surface area contributed by atoms with Crippen LogP contribution in [0, 0.1) is 5.92 Å². The Morgan fingerprint density at radius 1 is 1.35 bits per heavy atom. The second kappa shape index (κ2) is 6.87. The number of rotatable bonds is 6. The van der Waals surface area contributed by atoms with Crippen molar-refractivity contribution >= 4 is 17.3 Å². The summed E-state index contributed by atoms with van der Waals surface area (Å²) in [5.41, 5.74) is 8.03. The van der Waals surface area contributed by atoms with Crippen molar-refractivity contribution in [3.63, 3.8) is 0 Å². The molecule has 17 heavy (non-hydrogen) atoms. The maximum Gasteiger partial charge on any atom is 0.0471 e. The molecule has 0 saturated carbocycles. The summed E-state index contributed by atoms with van der Waals surface area (Å²) in [6.07, 6.45) is 1.19. The quantitative estimate of drug-likeness (QED) is 0.839. The Morgan fingerprint density at radius 2 is 2.06 bits per heavy atom. The first-order chi connectivity index (χ1) is 8.13. The molecule has 0 bridgehead atoms. The van der Waals surface area contributed by atoms with E-state index in [1.54, 1.807) is 0 Å². The Kier molecular flexibility index (Phi) is 5.79. The first-order valence-electron chi connectivity index (χ1n) is 6.36. The van der Waals surface area contributed by atoms with Crippen molar-refractivity contribution in [3.8, 4) is 0 Å². The molecule has 0 amide bonds. The largest absolute Gasteiger partial charge is 0.371 e. The minimum atomic E-state index is 0.492. The van der Waals surface area contributed by atoms with Gasteiger partial charge in [-0.15, -0.1) is 0 Å². The molecule has 2 N–H and O–H groups in total. The number of benzene rings is 1. The zero-order valence-electron chi connectivity index (χ0n) is 11.0. The van der Waals surface area contributed by atoms with Gasteiger partial charge in [0.05, 0.1) is 0 Å². The topological polar surface area (TPSA) is 29.3 Å². The molecule has 1 atom stereocenters. The molecular formula is C14H23ClN2. The van der Waals surface area contributed by atoms with Crippen molar-refractivity contribution in [2.24, 2.45) is 11.7 Å². The molecule has 0 spiro atoms. The van der Waals surface area contributed by atoms with E-state index in [0.29, 0.717) is 12.5 Å². The predicted octanol–water partition coefficient (Wildman–Crippen LogP) is 3.67. The molecule has 2 nitrogen and oxygen atoms in total. The van der Waals surface area contributed by atoms with Gasteiger partial charge in [-0.1, -0.05) is 37.9 Å². The highest BCUT2D eigenvalue weighted by atomic mass is 35.5. The average Bonchev–Trinajstić information content (AvgIpc) is 2.35. The first kappa shape index (κ1) is 14.3. The number of nitrogens with two attached hydrogens (primary N) is 1. The van der Waals surface area contributed by atoms with Crippen LogP contribution in [0.25, 0.3) is 0 Å². The van der Waals surface area contributed by atoms with Gasteiger partial charge in [-0.2, -0.15) is 0 Å². The summed E-state index contributed by atoms with van der Waals surface area (Å²) in [7, 11) is 0. The van der Waals surface area contributed by atoms with Gasteiger partial charge in [-0.25, -0.2) is 0 Å². The normalized spacial score (nSPS) is 12.5. The lowest BCUT2D eigenvalue weighted by atomic mass is 10.1. The molecule has 3 heteroatoms. The van der Waals surface area contributed by atoms with E-state index >= 15 is 0 Å². The Labute approximate surface area is 110 Å². The van der Waals surface area contributed by atoms with Gasteiger partial charge in [0.2, 0.25) is 0 Å². The van der Waals surface area contributed by atoms with E-state index in [0.717, 1.165) is 23.7 Å². The lowest BCUT2D eigenvalue weighted by molar-refractivity contribution is 0.547. The molecule has 0 heterocycles. The fourth-order valence-corrected chi connectivity index (χ4v) is 2.20. The van der Waals surface area contributed by atoms with E-state index in [1.165, 1.54) is 12.1 Å². The minimum absolute atomic E-state index is 0.492. The molecule has 1 rings (SSSR count). The van der Waals surface area contributed by atoms with E-state index in [-0.39, 0.29) is 0 Å². The summed E-state index contributed by atoms with van der Waals surface area (Å²) in [5.74, 6) is 0.680. The maximum atomic E-state index is 6.19. The van der Waals surface area contributed by atoms with Crippen LogP contribution in [0.1, 0.15) is 32.8 Å². The monoisotopic (exact) mass is 254 g/mol. The average molecular weight is 255 g/mol. The van der Waals surface area contributed by atoms with Crippen LogP contribution in [0.3, 0.4) is 0 Å². The summed E-state index contributed by atoms with van der Waals surface area (Å²) in [6, 6.07) is 6.01. The molecule has 1 aromatic carbocycles. The van der Waals surface area contributed by atoms with Gasteiger partial charge in [0.25, 0.3) is 0 Å². The molecule has 96 valence electrons. The third-order valence-corrected chi connectivity index (χ3v) is 3.60. The van der Waals surface area contributed by atoms with Gasteiger partial charge in [-0.05, 0) is 25.0 Å². The van der Waals surface area contributed by atoms with Gasteiger partial charge < -0.3 is 10.6 Å². The summed E-state index contributed by atoms with van der Waals surface area (Å²) in [4.78, 5) is 2.36. The van der Waals surface area contributed by atoms with Gasteiger partial charge in [-0.3, -0.25) is 0 Å². The number of hydrogen-bond donors (Lipinski definition) is 1. The second-order valence-electron chi connectivity index (χ2n) is 4.49. The van der Waals surface area contributed by atoms with Crippen LogP contribution >= 0.6 is 11.6 Å². The lowest BCUT2D eigenvalue weighted by Crippen LogP contribution is -2.29. The van der Waals surface area contributed by atoms with Crippen molar-refractivity contribution in [1.29, 1.82) is 0 Å². The minimum Gasteiger partial charge on any atom is -0.371 e. The van der Waals surface area contributed by atoms with Gasteiger partial charge in [0.1, 0.15) is 0 Å². The van der Waals surface area contributed by atoms with Crippen LogP contribution in [-0.4, -0.2) is 13.1 Å². The molecule has 0 saturated heterocycles. The highest BCUT2D eigenvalue weighted by Crippen LogP contribution is 2.27. The molecule has 0 aliphatic heterocycles. The van der Waals surface area contributed by atoms with E-state index < -0.39 is 0 Å². The van der Waals surface area contributed by atoms with Gasteiger partial charge in [0.15, 0.2) is 0 Å². The van der Waals surface area contributed by atoms with Crippen molar-refractivity contribution < 1.29 is 0 Å². The van der Waals surface area contributed by atoms with E-state index in [1.807, 2.05) is 12.1 Å². The molecule has 0 aliphatic rings. The summed E-state index contributed by atoms with van der Waals surface area (Å²) >= 11 is 6.19.